The molecular formula is C34H35BN3-. The largest absolute Gasteiger partial charge is 0.372 e. The molecule has 4 aromatic carbocycles. The third-order valence-corrected chi connectivity index (χ3v) is 7.42. The van der Waals surface area contributed by atoms with Crippen LogP contribution in [0.25, 0.3) is 5.53 Å². The van der Waals surface area contributed by atoms with E-state index in [1.54, 1.807) is 0 Å². The Bertz CT molecular complexity index is 1220. The van der Waals surface area contributed by atoms with Crippen LogP contribution >= 0.6 is 0 Å². The monoisotopic (exact) mass is 496 g/mol. The van der Waals surface area contributed by atoms with Crippen LogP contribution in [0, 0.1) is 0 Å². The lowest BCUT2D eigenvalue weighted by Gasteiger charge is -2.44. The van der Waals surface area contributed by atoms with Gasteiger partial charge in [0, 0.05) is 24.9 Å². The van der Waals surface area contributed by atoms with Crippen molar-refractivity contribution in [1.29, 1.82) is 0 Å². The van der Waals surface area contributed by atoms with Crippen molar-refractivity contribution in [2.75, 3.05) is 13.1 Å². The zero-order chi connectivity index (χ0) is 26.6. The van der Waals surface area contributed by atoms with Crippen LogP contribution in [0.1, 0.15) is 20.3 Å². The highest BCUT2D eigenvalue weighted by Gasteiger charge is 2.31. The topological polar surface area (TPSA) is 39.6 Å². The summed E-state index contributed by atoms with van der Waals surface area (Å²) in [7, 11) is 0. The minimum Gasteiger partial charge on any atom is -0.372 e. The lowest BCUT2D eigenvalue weighted by molar-refractivity contribution is -0.00547. The number of rotatable bonds is 7. The number of hydrogen-bond donors (Lipinski definition) is 0. The summed E-state index contributed by atoms with van der Waals surface area (Å²) in [6, 6.07) is 43.5. The average molecular weight is 496 g/mol. The lowest BCUT2D eigenvalue weighted by Crippen LogP contribution is -2.74. The number of hydrogen-bond acceptors (Lipinski definition) is 1. The quantitative estimate of drug-likeness (QED) is 0.204. The van der Waals surface area contributed by atoms with Crippen LogP contribution < -0.4 is 21.9 Å². The Kier molecular flexibility index (Phi) is 9.29. The predicted molar refractivity (Wildman–Crippen MR) is 163 cm³/mol. The molecule has 4 aromatic rings. The zero-order valence-corrected chi connectivity index (χ0v) is 22.3. The number of benzene rings is 4. The van der Waals surface area contributed by atoms with Gasteiger partial charge in [-0.25, -0.2) is 0 Å². The molecule has 3 nitrogen and oxygen atoms in total. The van der Waals surface area contributed by atoms with Gasteiger partial charge in [-0.1, -0.05) is 121 Å². The van der Waals surface area contributed by atoms with Crippen LogP contribution in [0.2, 0.25) is 0 Å². The fraction of sp³-hybridized carbons (Fsp3) is 0.147. The molecule has 0 aromatic heterocycles. The first kappa shape index (κ1) is 26.7. The van der Waals surface area contributed by atoms with E-state index in [0.29, 0.717) is 0 Å². The summed E-state index contributed by atoms with van der Waals surface area (Å²) in [4.78, 5) is 5.43. The smallest absolute Gasteiger partial charge is 0.295 e. The summed E-state index contributed by atoms with van der Waals surface area (Å²) < 4.78 is 0. The first-order valence-corrected chi connectivity index (χ1v) is 13.5. The van der Waals surface area contributed by atoms with E-state index in [0.717, 1.165) is 25.2 Å². The Morgan fingerprint density at radius 1 is 0.605 bits per heavy atom. The molecule has 0 atom stereocenters. The summed E-state index contributed by atoms with van der Waals surface area (Å²) in [5.41, 5.74) is 15.8. The van der Waals surface area contributed by atoms with E-state index >= 15 is 0 Å². The molecular weight excluding hydrogens is 461 g/mol. The minimum atomic E-state index is -1.22. The van der Waals surface area contributed by atoms with Gasteiger partial charge in [-0.15, -0.1) is 0 Å². The van der Waals surface area contributed by atoms with Gasteiger partial charge < -0.3 is 10.4 Å². The van der Waals surface area contributed by atoms with Crippen molar-refractivity contribution in [2.24, 2.45) is 0 Å². The van der Waals surface area contributed by atoms with Crippen molar-refractivity contribution in [3.63, 3.8) is 0 Å². The van der Waals surface area contributed by atoms with Crippen molar-refractivity contribution in [1.82, 2.24) is 4.90 Å². The third-order valence-electron chi connectivity index (χ3n) is 7.42. The highest BCUT2D eigenvalue weighted by molar-refractivity contribution is 7.19. The molecule has 0 bridgehead atoms. The molecule has 4 heteroatoms. The second-order valence-corrected chi connectivity index (χ2v) is 9.44. The predicted octanol–water partition coefficient (Wildman–Crippen LogP) is 4.91. The van der Waals surface area contributed by atoms with Crippen LogP contribution in [0.5, 0.6) is 0 Å². The normalized spacial score (nSPS) is 12.6. The van der Waals surface area contributed by atoms with Gasteiger partial charge in [-0.05, 0) is 26.0 Å². The first-order chi connectivity index (χ1) is 18.7. The summed E-state index contributed by atoms with van der Waals surface area (Å²) >= 11 is 0. The Morgan fingerprint density at radius 3 is 1.24 bits per heavy atom. The van der Waals surface area contributed by atoms with Crippen molar-refractivity contribution in [3.8, 4) is 0 Å². The average Bonchev–Trinajstić information content (AvgIpc) is 3.01. The van der Waals surface area contributed by atoms with Gasteiger partial charge in [0.15, 0.2) is 0 Å². The summed E-state index contributed by atoms with van der Waals surface area (Å²) in [6.45, 7) is 6.29. The molecule has 38 heavy (non-hydrogen) atoms. The molecule has 1 aliphatic rings. The Labute approximate surface area is 227 Å². The molecule has 190 valence electrons. The standard InChI is InChI=1S/C24H20B.C10H15N3/c1-5-13-21(14-6-1)25(22-15-7-2-8-16-22,23-17-9-3-10-18-23)24-19-11-4-12-20-24;1-3-13(4-2)10-7-5-9(12-11)6-8-10/h1-20H;5,7-8H,3-4,6H2,1-2H3/q-1;. The second kappa shape index (κ2) is 13.2. The molecule has 0 aliphatic heterocycles. The van der Waals surface area contributed by atoms with Crippen LogP contribution in [-0.2, 0) is 0 Å². The van der Waals surface area contributed by atoms with Crippen LogP contribution in [0.4, 0.5) is 0 Å². The van der Waals surface area contributed by atoms with E-state index in [9.17, 15) is 0 Å². The minimum absolute atomic E-state index is 0.718. The number of allylic oxidation sites excluding steroid dienone is 3. The summed E-state index contributed by atoms with van der Waals surface area (Å²) in [5.74, 6) is 0. The van der Waals surface area contributed by atoms with E-state index < -0.39 is 6.15 Å². The SMILES string of the molecule is CCN(CC)C1=CCC(=[N+]=[N-])C=C1.c1ccc([B-](c2ccccc2)(c2ccccc2)c2ccccc2)cc1. The molecule has 0 unspecified atom stereocenters. The molecule has 0 saturated heterocycles. The van der Waals surface area contributed by atoms with E-state index in [4.69, 9.17) is 5.53 Å². The van der Waals surface area contributed by atoms with Crippen molar-refractivity contribution < 1.29 is 4.79 Å². The van der Waals surface area contributed by atoms with Gasteiger partial charge in [0.2, 0.25) is 0 Å². The molecule has 0 radical (unpaired) electrons. The summed E-state index contributed by atoms with van der Waals surface area (Å²) in [6.07, 6.45) is 5.44. The second-order valence-electron chi connectivity index (χ2n) is 9.44. The van der Waals surface area contributed by atoms with Gasteiger partial charge in [-0.2, -0.15) is 26.6 Å². The number of likely N-dealkylation sites (N-methyl/N-ethyl adjacent to an activating group) is 1. The maximum Gasteiger partial charge on any atom is 0.295 e. The third kappa shape index (κ3) is 5.77. The fourth-order valence-corrected chi connectivity index (χ4v) is 5.55. The molecule has 0 fully saturated rings. The molecule has 5 rings (SSSR count). The van der Waals surface area contributed by atoms with Crippen LogP contribution in [0.15, 0.2) is 145 Å². The van der Waals surface area contributed by atoms with Gasteiger partial charge >= 0.3 is 0 Å². The Morgan fingerprint density at radius 2 is 0.974 bits per heavy atom. The van der Waals surface area contributed by atoms with E-state index in [1.165, 1.54) is 27.5 Å². The summed E-state index contributed by atoms with van der Waals surface area (Å²) in [5, 5.41) is 0. The lowest BCUT2D eigenvalue weighted by atomic mass is 9.13. The molecule has 0 N–H and O–H groups in total. The van der Waals surface area contributed by atoms with E-state index in [2.05, 4.69) is 151 Å². The van der Waals surface area contributed by atoms with Crippen LogP contribution in [0.3, 0.4) is 0 Å². The van der Waals surface area contributed by atoms with E-state index in [-0.39, 0.29) is 0 Å². The van der Waals surface area contributed by atoms with Gasteiger partial charge in [0.1, 0.15) is 6.15 Å². The Hall–Kier alpha value is -4.40. The first-order valence-electron chi connectivity index (χ1n) is 13.5. The fourth-order valence-electron chi connectivity index (χ4n) is 5.55. The molecule has 0 saturated carbocycles. The van der Waals surface area contributed by atoms with Crippen molar-refractivity contribution in [2.45, 2.75) is 20.3 Å². The molecule has 0 amide bonds. The zero-order valence-electron chi connectivity index (χ0n) is 22.3. The molecule has 1 aliphatic carbocycles. The maximum atomic E-state index is 8.52. The molecule has 0 spiro atoms. The van der Waals surface area contributed by atoms with E-state index in [1.807, 2.05) is 12.2 Å². The maximum absolute atomic E-state index is 8.52. The van der Waals surface area contributed by atoms with Gasteiger partial charge in [0.05, 0.1) is 6.42 Å². The van der Waals surface area contributed by atoms with Gasteiger partial charge in [-0.3, -0.25) is 0 Å². The highest BCUT2D eigenvalue weighted by Crippen LogP contribution is 2.12. The van der Waals surface area contributed by atoms with Crippen molar-refractivity contribution in [3.05, 3.63) is 151 Å². The molecule has 0 heterocycles. The number of nitrogens with zero attached hydrogens (tertiary/aromatic N) is 3. The van der Waals surface area contributed by atoms with Crippen LogP contribution in [-0.4, -0.2) is 34.6 Å². The Balaban J connectivity index is 0.000000219. The van der Waals surface area contributed by atoms with Gasteiger partial charge in [0.25, 0.3) is 5.71 Å². The highest BCUT2D eigenvalue weighted by atomic mass is 15.1. The van der Waals surface area contributed by atoms with Crippen molar-refractivity contribution >= 4 is 33.7 Å².